The zero-order valence-corrected chi connectivity index (χ0v) is 11.1. The van der Waals surface area contributed by atoms with E-state index in [-0.39, 0.29) is 0 Å². The van der Waals surface area contributed by atoms with Crippen LogP contribution >= 0.6 is 0 Å². The highest BCUT2D eigenvalue weighted by Crippen LogP contribution is 2.40. The maximum Gasteiger partial charge on any atom is 0.154 e. The molecule has 2 aliphatic rings. The van der Waals surface area contributed by atoms with E-state index in [9.17, 15) is 0 Å². The molecule has 1 unspecified atom stereocenters. The summed E-state index contributed by atoms with van der Waals surface area (Å²) in [4.78, 5) is 2.32. The molecule has 1 aromatic carbocycles. The Morgan fingerprint density at radius 1 is 1.42 bits per heavy atom. The quantitative estimate of drug-likeness (QED) is 0.696. The monoisotopic (exact) mass is 254 g/mol. The van der Waals surface area contributed by atoms with Crippen molar-refractivity contribution in [3.63, 3.8) is 0 Å². The molecule has 1 aromatic heterocycles. The number of hydrogen-bond acceptors (Lipinski definition) is 3. The molecule has 1 saturated heterocycles. The molecular weight excluding hydrogens is 236 g/mol. The number of rotatable bonds is 1. The fourth-order valence-electron chi connectivity index (χ4n) is 3.25. The average Bonchev–Trinajstić information content (AvgIpc) is 3.04. The van der Waals surface area contributed by atoms with E-state index in [1.54, 1.807) is 0 Å². The molecule has 4 heteroatoms. The van der Waals surface area contributed by atoms with Crippen LogP contribution < -0.4 is 10.6 Å². The molecular formula is C15H18N4. The average molecular weight is 254 g/mol. The molecule has 4 nitrogen and oxygen atoms in total. The zero-order chi connectivity index (χ0) is 13.0. The second-order valence-corrected chi connectivity index (χ2v) is 5.73. The number of nitrogens with one attached hydrogen (secondary N) is 1. The first-order valence-electron chi connectivity index (χ1n) is 6.90. The van der Waals surface area contributed by atoms with Crippen LogP contribution in [0, 0.1) is 6.92 Å². The van der Waals surface area contributed by atoms with Crippen LogP contribution in [0.3, 0.4) is 0 Å². The molecule has 3 N–H and O–H groups in total. The molecule has 0 amide bonds. The van der Waals surface area contributed by atoms with Crippen LogP contribution in [0.4, 0.5) is 5.82 Å². The summed E-state index contributed by atoms with van der Waals surface area (Å²) < 4.78 is 0. The Hall–Kier alpha value is -1.81. The normalized spacial score (nSPS) is 20.7. The van der Waals surface area contributed by atoms with E-state index >= 15 is 0 Å². The van der Waals surface area contributed by atoms with E-state index < -0.39 is 0 Å². The molecule has 1 aliphatic carbocycles. The van der Waals surface area contributed by atoms with Gasteiger partial charge in [0.05, 0.1) is 5.69 Å². The van der Waals surface area contributed by atoms with Crippen LogP contribution in [-0.2, 0) is 6.42 Å². The Kier molecular flexibility index (Phi) is 2.23. The predicted molar refractivity (Wildman–Crippen MR) is 76.4 cm³/mol. The topological polar surface area (TPSA) is 57.9 Å². The summed E-state index contributed by atoms with van der Waals surface area (Å²) in [6.07, 6.45) is 2.05. The molecule has 2 heterocycles. The van der Waals surface area contributed by atoms with Crippen molar-refractivity contribution in [1.82, 2.24) is 10.2 Å². The number of anilines is 1. The number of nitrogens with two attached hydrogens (primary N) is 1. The third kappa shape index (κ3) is 1.60. The van der Waals surface area contributed by atoms with Crippen molar-refractivity contribution >= 4 is 5.82 Å². The molecule has 0 saturated carbocycles. The first-order chi connectivity index (χ1) is 9.22. The van der Waals surface area contributed by atoms with Crippen molar-refractivity contribution in [3.05, 3.63) is 34.9 Å². The fraction of sp³-hybridized carbons (Fsp3) is 0.400. The van der Waals surface area contributed by atoms with Gasteiger partial charge in [0.15, 0.2) is 5.82 Å². The number of hydrogen-bond donors (Lipinski definition) is 2. The first-order valence-corrected chi connectivity index (χ1v) is 6.90. The number of aryl methyl sites for hydroxylation is 1. The number of H-pyrrole nitrogens is 1. The van der Waals surface area contributed by atoms with Gasteiger partial charge >= 0.3 is 0 Å². The van der Waals surface area contributed by atoms with Crippen LogP contribution in [-0.4, -0.2) is 29.3 Å². The van der Waals surface area contributed by atoms with Gasteiger partial charge in [0.1, 0.15) is 0 Å². The Bertz CT molecular complexity index is 644. The largest absolute Gasteiger partial charge is 0.353 e. The second kappa shape index (κ2) is 3.84. The lowest BCUT2D eigenvalue weighted by Crippen LogP contribution is -2.27. The van der Waals surface area contributed by atoms with E-state index in [0.29, 0.717) is 6.04 Å². The van der Waals surface area contributed by atoms with Gasteiger partial charge in [-0.3, -0.25) is 5.10 Å². The van der Waals surface area contributed by atoms with Crippen molar-refractivity contribution in [2.24, 2.45) is 5.73 Å². The molecule has 1 aliphatic heterocycles. The number of aromatic nitrogens is 2. The van der Waals surface area contributed by atoms with Crippen molar-refractivity contribution in [3.8, 4) is 11.3 Å². The Morgan fingerprint density at radius 3 is 3.11 bits per heavy atom. The molecule has 0 bridgehead atoms. The van der Waals surface area contributed by atoms with Crippen molar-refractivity contribution < 1.29 is 0 Å². The van der Waals surface area contributed by atoms with Gasteiger partial charge < -0.3 is 10.6 Å². The van der Waals surface area contributed by atoms with Crippen LogP contribution in [0.2, 0.25) is 0 Å². The molecule has 2 aromatic rings. The van der Waals surface area contributed by atoms with Gasteiger partial charge in [-0.25, -0.2) is 0 Å². The second-order valence-electron chi connectivity index (χ2n) is 5.73. The highest BCUT2D eigenvalue weighted by atomic mass is 15.3. The van der Waals surface area contributed by atoms with Gasteiger partial charge in [0.25, 0.3) is 0 Å². The zero-order valence-electron chi connectivity index (χ0n) is 11.1. The number of fused-ring (bicyclic) bond motifs is 3. The Balaban J connectivity index is 1.76. The Morgan fingerprint density at radius 2 is 2.32 bits per heavy atom. The third-order valence-electron chi connectivity index (χ3n) is 4.27. The van der Waals surface area contributed by atoms with E-state index in [0.717, 1.165) is 31.7 Å². The molecule has 0 spiro atoms. The summed E-state index contributed by atoms with van der Waals surface area (Å²) in [5, 5.41) is 7.76. The van der Waals surface area contributed by atoms with Crippen LogP contribution in [0.15, 0.2) is 18.2 Å². The van der Waals surface area contributed by atoms with E-state index in [1.807, 2.05) is 0 Å². The summed E-state index contributed by atoms with van der Waals surface area (Å²) in [7, 11) is 0. The molecule has 1 atom stereocenters. The number of nitrogens with zero attached hydrogens (tertiary/aromatic N) is 2. The Labute approximate surface area is 112 Å². The molecule has 4 rings (SSSR count). The van der Waals surface area contributed by atoms with Crippen molar-refractivity contribution in [1.29, 1.82) is 0 Å². The van der Waals surface area contributed by atoms with Gasteiger partial charge in [0, 0.05) is 36.7 Å². The van der Waals surface area contributed by atoms with Crippen molar-refractivity contribution in [2.45, 2.75) is 25.8 Å². The minimum absolute atomic E-state index is 0.290. The summed E-state index contributed by atoms with van der Waals surface area (Å²) in [6.45, 7) is 4.08. The summed E-state index contributed by atoms with van der Waals surface area (Å²) in [5.74, 6) is 1.11. The molecule has 1 fully saturated rings. The lowest BCUT2D eigenvalue weighted by Gasteiger charge is -2.15. The third-order valence-corrected chi connectivity index (χ3v) is 4.27. The van der Waals surface area contributed by atoms with Gasteiger partial charge in [-0.2, -0.15) is 5.10 Å². The predicted octanol–water partition coefficient (Wildman–Crippen LogP) is 1.83. The van der Waals surface area contributed by atoms with Crippen LogP contribution in [0.1, 0.15) is 23.1 Å². The van der Waals surface area contributed by atoms with Crippen LogP contribution in [0.25, 0.3) is 11.3 Å². The fourth-order valence-corrected chi connectivity index (χ4v) is 3.25. The highest BCUT2D eigenvalue weighted by molar-refractivity contribution is 5.79. The maximum atomic E-state index is 6.00. The first kappa shape index (κ1) is 11.1. The SMILES string of the molecule is Cc1ccc2c(c1)-c1[nH]nc(N3CCC(N)C3)c1C2. The minimum Gasteiger partial charge on any atom is -0.353 e. The minimum atomic E-state index is 0.290. The summed E-state index contributed by atoms with van der Waals surface area (Å²) in [6, 6.07) is 6.96. The number of aromatic amines is 1. The van der Waals surface area contributed by atoms with Gasteiger partial charge in [-0.1, -0.05) is 17.7 Å². The van der Waals surface area contributed by atoms with Crippen molar-refractivity contribution in [2.75, 3.05) is 18.0 Å². The van der Waals surface area contributed by atoms with Gasteiger partial charge in [0.2, 0.25) is 0 Å². The summed E-state index contributed by atoms with van der Waals surface area (Å²) >= 11 is 0. The van der Waals surface area contributed by atoms with Crippen LogP contribution in [0.5, 0.6) is 0 Å². The van der Waals surface area contributed by atoms with Gasteiger partial charge in [-0.15, -0.1) is 0 Å². The number of benzene rings is 1. The summed E-state index contributed by atoms with van der Waals surface area (Å²) in [5.41, 5.74) is 12.6. The lowest BCUT2D eigenvalue weighted by molar-refractivity contribution is 0.751. The van der Waals surface area contributed by atoms with E-state index in [4.69, 9.17) is 5.73 Å². The maximum absolute atomic E-state index is 6.00. The smallest absolute Gasteiger partial charge is 0.154 e. The van der Waals surface area contributed by atoms with E-state index in [1.165, 1.54) is 27.9 Å². The van der Waals surface area contributed by atoms with E-state index in [2.05, 4.69) is 40.2 Å². The molecule has 0 radical (unpaired) electrons. The molecule has 19 heavy (non-hydrogen) atoms. The lowest BCUT2D eigenvalue weighted by atomic mass is 10.1. The molecule has 98 valence electrons. The highest BCUT2D eigenvalue weighted by Gasteiger charge is 2.29. The van der Waals surface area contributed by atoms with Gasteiger partial charge in [-0.05, 0) is 25.0 Å². The standard InChI is InChI=1S/C15H18N4/c1-9-2-3-10-7-13-14(12(10)6-9)17-18-15(13)19-5-4-11(16)8-19/h2-3,6,11H,4-5,7-8,16H2,1H3,(H,17,18).